The summed E-state index contributed by atoms with van der Waals surface area (Å²) < 4.78 is 7.41. The van der Waals surface area contributed by atoms with Crippen molar-refractivity contribution in [1.82, 2.24) is 25.0 Å². The first-order chi connectivity index (χ1) is 11.4. The Hall–Kier alpha value is -2.54. The van der Waals surface area contributed by atoms with E-state index in [2.05, 4.69) is 15.4 Å². The predicted molar refractivity (Wildman–Crippen MR) is 90.6 cm³/mol. The van der Waals surface area contributed by atoms with E-state index in [1.54, 1.807) is 29.7 Å². The molecule has 0 bridgehead atoms. The van der Waals surface area contributed by atoms with Gasteiger partial charge in [0.2, 0.25) is 0 Å². The summed E-state index contributed by atoms with van der Waals surface area (Å²) >= 11 is 5.98. The molecule has 0 radical (unpaired) electrons. The van der Waals surface area contributed by atoms with Crippen LogP contribution < -0.4 is 5.32 Å². The van der Waals surface area contributed by atoms with E-state index in [4.69, 9.17) is 16.0 Å². The number of carbonyl (C=O) groups excluding carboxylic acids is 1. The lowest BCUT2D eigenvalue weighted by Gasteiger charge is -2.20. The van der Waals surface area contributed by atoms with Crippen molar-refractivity contribution in [3.05, 3.63) is 47.2 Å². The van der Waals surface area contributed by atoms with Crippen LogP contribution in [-0.2, 0) is 13.6 Å². The Morgan fingerprint density at radius 1 is 1.46 bits per heavy atom. The number of rotatable bonds is 4. The number of urea groups is 1. The normalized spacial score (nSPS) is 12.3. The maximum Gasteiger partial charge on any atom is 0.318 e. The minimum absolute atomic E-state index is 0.219. The number of nitrogens with one attached hydrogen (secondary N) is 1. The summed E-state index contributed by atoms with van der Waals surface area (Å²) in [5, 5.41) is 8.45. The molecule has 0 unspecified atom stereocenters. The van der Waals surface area contributed by atoms with Crippen molar-refractivity contribution >= 4 is 28.6 Å². The molecule has 126 valence electrons. The Labute approximate surface area is 144 Å². The Bertz CT molecular complexity index is 872. The largest absolute Gasteiger partial charge is 0.459 e. The molecule has 0 fully saturated rings. The second kappa shape index (κ2) is 6.52. The van der Waals surface area contributed by atoms with Gasteiger partial charge in [-0.1, -0.05) is 11.6 Å². The zero-order chi connectivity index (χ0) is 17.3. The van der Waals surface area contributed by atoms with Gasteiger partial charge in [0.05, 0.1) is 12.6 Å². The van der Waals surface area contributed by atoms with E-state index in [1.165, 1.54) is 6.33 Å². The number of hydrogen-bond donors (Lipinski definition) is 1. The summed E-state index contributed by atoms with van der Waals surface area (Å²) in [5.74, 6) is 1.38. The summed E-state index contributed by atoms with van der Waals surface area (Å²) in [6, 6.07) is 6.81. The van der Waals surface area contributed by atoms with E-state index in [1.807, 2.05) is 25.1 Å². The van der Waals surface area contributed by atoms with Crippen LogP contribution in [0.25, 0.3) is 11.0 Å². The van der Waals surface area contributed by atoms with Crippen LogP contribution in [0.2, 0.25) is 5.02 Å². The van der Waals surface area contributed by atoms with Crippen LogP contribution in [0, 0.1) is 0 Å². The van der Waals surface area contributed by atoms with Crippen molar-refractivity contribution in [2.45, 2.75) is 19.5 Å². The second-order valence-corrected chi connectivity index (χ2v) is 6.09. The van der Waals surface area contributed by atoms with E-state index in [0.717, 1.165) is 11.0 Å². The van der Waals surface area contributed by atoms with Crippen molar-refractivity contribution in [1.29, 1.82) is 0 Å². The molecule has 3 rings (SSSR count). The molecule has 0 saturated carbocycles. The molecular weight excluding hydrogens is 330 g/mol. The molecule has 2 aromatic heterocycles. The Morgan fingerprint density at radius 2 is 2.25 bits per heavy atom. The van der Waals surface area contributed by atoms with Gasteiger partial charge in [-0.25, -0.2) is 9.78 Å². The lowest BCUT2D eigenvalue weighted by Crippen LogP contribution is -2.38. The highest BCUT2D eigenvalue weighted by Crippen LogP contribution is 2.26. The molecule has 7 nitrogen and oxygen atoms in total. The number of nitrogens with zero attached hydrogens (tertiary/aromatic N) is 4. The minimum atomic E-state index is -0.273. The first-order valence-corrected chi connectivity index (χ1v) is 7.85. The SMILES string of the molecule is C[C@@H](NC(=O)N(C)Cc1ncnn1C)c1cc2cc(Cl)ccc2o1. The maximum atomic E-state index is 12.3. The average Bonchev–Trinajstić information content (AvgIpc) is 3.13. The van der Waals surface area contributed by atoms with Crippen LogP contribution in [0.1, 0.15) is 24.6 Å². The summed E-state index contributed by atoms with van der Waals surface area (Å²) in [5.41, 5.74) is 0.739. The molecule has 1 atom stereocenters. The van der Waals surface area contributed by atoms with Crippen LogP contribution in [0.15, 0.2) is 35.0 Å². The lowest BCUT2D eigenvalue weighted by molar-refractivity contribution is 0.200. The van der Waals surface area contributed by atoms with E-state index in [9.17, 15) is 4.79 Å². The second-order valence-electron chi connectivity index (χ2n) is 5.66. The number of amides is 2. The molecule has 3 aromatic rings. The van der Waals surface area contributed by atoms with Gasteiger partial charge in [0, 0.05) is 24.5 Å². The first-order valence-electron chi connectivity index (χ1n) is 7.47. The molecule has 0 aliphatic carbocycles. The monoisotopic (exact) mass is 347 g/mol. The summed E-state index contributed by atoms with van der Waals surface area (Å²) in [6.45, 7) is 2.23. The summed E-state index contributed by atoms with van der Waals surface area (Å²) in [6.07, 6.45) is 1.46. The van der Waals surface area contributed by atoms with Gasteiger partial charge < -0.3 is 14.6 Å². The molecule has 0 aliphatic heterocycles. The zero-order valence-corrected chi connectivity index (χ0v) is 14.4. The highest BCUT2D eigenvalue weighted by Gasteiger charge is 2.18. The van der Waals surface area contributed by atoms with E-state index >= 15 is 0 Å². The number of aromatic nitrogens is 3. The molecule has 8 heteroatoms. The van der Waals surface area contributed by atoms with E-state index in [-0.39, 0.29) is 12.1 Å². The third-order valence-corrected chi connectivity index (χ3v) is 4.03. The molecule has 1 N–H and O–H groups in total. The third kappa shape index (κ3) is 3.35. The molecule has 24 heavy (non-hydrogen) atoms. The Morgan fingerprint density at radius 3 is 2.96 bits per heavy atom. The van der Waals surface area contributed by atoms with Crippen LogP contribution in [0.5, 0.6) is 0 Å². The number of fused-ring (bicyclic) bond motifs is 1. The van der Waals surface area contributed by atoms with Crippen molar-refractivity contribution in [2.24, 2.45) is 7.05 Å². The van der Waals surface area contributed by atoms with Crippen LogP contribution in [0.4, 0.5) is 4.79 Å². The predicted octanol–water partition coefficient (Wildman–Crippen LogP) is 3.12. The van der Waals surface area contributed by atoms with Gasteiger partial charge in [-0.15, -0.1) is 0 Å². The number of hydrogen-bond acceptors (Lipinski definition) is 4. The molecule has 0 aliphatic rings. The summed E-state index contributed by atoms with van der Waals surface area (Å²) in [4.78, 5) is 18.0. The van der Waals surface area contributed by atoms with Crippen molar-refractivity contribution in [3.63, 3.8) is 0 Å². The smallest absolute Gasteiger partial charge is 0.318 e. The first kappa shape index (κ1) is 16.3. The molecule has 2 amide bonds. The Kier molecular flexibility index (Phi) is 4.44. The quantitative estimate of drug-likeness (QED) is 0.786. The van der Waals surface area contributed by atoms with Crippen molar-refractivity contribution in [2.75, 3.05) is 7.05 Å². The minimum Gasteiger partial charge on any atom is -0.459 e. The average molecular weight is 348 g/mol. The maximum absolute atomic E-state index is 12.3. The topological polar surface area (TPSA) is 76.2 Å². The standard InChI is InChI=1S/C16H18ClN5O2/c1-10(14-7-11-6-12(17)4-5-13(11)24-14)20-16(23)21(2)8-15-18-9-19-22(15)3/h4-7,9-10H,8H2,1-3H3,(H,20,23)/t10-/m1/s1. The van der Waals surface area contributed by atoms with Gasteiger partial charge in [-0.2, -0.15) is 5.10 Å². The van der Waals surface area contributed by atoms with Crippen LogP contribution in [-0.4, -0.2) is 32.7 Å². The molecule has 0 saturated heterocycles. The molecular formula is C16H18ClN5O2. The van der Waals surface area contributed by atoms with Gasteiger partial charge in [0.15, 0.2) is 0 Å². The van der Waals surface area contributed by atoms with Crippen molar-refractivity contribution < 1.29 is 9.21 Å². The zero-order valence-electron chi connectivity index (χ0n) is 13.7. The lowest BCUT2D eigenvalue weighted by atomic mass is 10.2. The summed E-state index contributed by atoms with van der Waals surface area (Å²) in [7, 11) is 3.49. The molecule has 2 heterocycles. The van der Waals surface area contributed by atoms with Crippen LogP contribution in [0.3, 0.4) is 0 Å². The van der Waals surface area contributed by atoms with E-state index < -0.39 is 0 Å². The van der Waals surface area contributed by atoms with Gasteiger partial charge >= 0.3 is 6.03 Å². The van der Waals surface area contributed by atoms with Gasteiger partial charge in [-0.05, 0) is 31.2 Å². The fraction of sp³-hybridized carbons (Fsp3) is 0.312. The van der Waals surface area contributed by atoms with Crippen molar-refractivity contribution in [3.8, 4) is 0 Å². The van der Waals surface area contributed by atoms with Gasteiger partial charge in [0.1, 0.15) is 23.5 Å². The number of halogens is 1. The van der Waals surface area contributed by atoms with Gasteiger partial charge in [0.25, 0.3) is 0 Å². The number of furan rings is 1. The number of carbonyl (C=O) groups is 1. The highest BCUT2D eigenvalue weighted by atomic mass is 35.5. The Balaban J connectivity index is 1.67. The number of aryl methyl sites for hydroxylation is 1. The third-order valence-electron chi connectivity index (χ3n) is 3.79. The fourth-order valence-corrected chi connectivity index (χ4v) is 2.54. The van der Waals surface area contributed by atoms with E-state index in [0.29, 0.717) is 23.2 Å². The van der Waals surface area contributed by atoms with Crippen LogP contribution >= 0.6 is 11.6 Å². The highest BCUT2D eigenvalue weighted by molar-refractivity contribution is 6.31. The molecule has 1 aromatic carbocycles. The molecule has 0 spiro atoms. The van der Waals surface area contributed by atoms with Gasteiger partial charge in [-0.3, -0.25) is 4.68 Å². The number of benzene rings is 1. The fourth-order valence-electron chi connectivity index (χ4n) is 2.36.